The quantitative estimate of drug-likeness (QED) is 0.507. The summed E-state index contributed by atoms with van der Waals surface area (Å²) in [6.45, 7) is 6.60. The van der Waals surface area contributed by atoms with E-state index in [9.17, 15) is 9.59 Å². The number of imidazole rings is 1. The number of carbonyl (C=O) groups is 2. The van der Waals surface area contributed by atoms with E-state index in [-0.39, 0.29) is 17.6 Å². The molecule has 2 amide bonds. The number of benzene rings is 2. The van der Waals surface area contributed by atoms with E-state index < -0.39 is 0 Å². The fraction of sp³-hybridized carbons (Fsp3) is 0.261. The predicted molar refractivity (Wildman–Crippen MR) is 123 cm³/mol. The number of nitrogens with one attached hydrogen (secondary N) is 2. The van der Waals surface area contributed by atoms with Crippen LogP contribution in [0.15, 0.2) is 66.0 Å². The minimum Gasteiger partial charge on any atom is -0.326 e. The SMILES string of the molecule is CC(=O)Nc1cccc(NC(=O)CSc2ncc(-c3ccccc3)n2CC(C)C)c1. The Kier molecular flexibility index (Phi) is 7.30. The third-order valence-electron chi connectivity index (χ3n) is 4.24. The summed E-state index contributed by atoms with van der Waals surface area (Å²) in [6.07, 6.45) is 1.87. The van der Waals surface area contributed by atoms with Gasteiger partial charge in [0.15, 0.2) is 5.16 Å². The van der Waals surface area contributed by atoms with Crippen LogP contribution in [0.2, 0.25) is 0 Å². The van der Waals surface area contributed by atoms with Crippen molar-refractivity contribution < 1.29 is 9.59 Å². The number of hydrogen-bond donors (Lipinski definition) is 2. The Balaban J connectivity index is 1.69. The molecule has 0 aliphatic carbocycles. The molecule has 0 radical (unpaired) electrons. The molecular weight excluding hydrogens is 396 g/mol. The van der Waals surface area contributed by atoms with Crippen molar-refractivity contribution in [2.75, 3.05) is 16.4 Å². The molecule has 3 rings (SSSR count). The molecule has 2 aromatic carbocycles. The van der Waals surface area contributed by atoms with Gasteiger partial charge in [-0.25, -0.2) is 4.98 Å². The second-order valence-electron chi connectivity index (χ2n) is 7.40. The molecule has 1 heterocycles. The smallest absolute Gasteiger partial charge is 0.234 e. The second-order valence-corrected chi connectivity index (χ2v) is 8.34. The van der Waals surface area contributed by atoms with Crippen LogP contribution in [0.3, 0.4) is 0 Å². The van der Waals surface area contributed by atoms with E-state index in [0.29, 0.717) is 17.3 Å². The monoisotopic (exact) mass is 422 g/mol. The summed E-state index contributed by atoms with van der Waals surface area (Å²) < 4.78 is 2.18. The van der Waals surface area contributed by atoms with Gasteiger partial charge in [-0.1, -0.05) is 62.0 Å². The van der Waals surface area contributed by atoms with Gasteiger partial charge in [0.2, 0.25) is 11.8 Å². The molecule has 0 spiro atoms. The topological polar surface area (TPSA) is 76.0 Å². The first-order valence-corrected chi connectivity index (χ1v) is 10.8. The number of rotatable bonds is 8. The molecule has 0 aliphatic heterocycles. The molecule has 3 aromatic rings. The zero-order valence-electron chi connectivity index (χ0n) is 17.4. The van der Waals surface area contributed by atoms with Crippen LogP contribution in [0.5, 0.6) is 0 Å². The molecule has 7 heteroatoms. The predicted octanol–water partition coefficient (Wildman–Crippen LogP) is 4.90. The van der Waals surface area contributed by atoms with Crippen molar-refractivity contribution in [2.24, 2.45) is 5.92 Å². The lowest BCUT2D eigenvalue weighted by Crippen LogP contribution is -2.15. The number of aromatic nitrogens is 2. The molecule has 6 nitrogen and oxygen atoms in total. The number of carbonyl (C=O) groups excluding carboxylic acids is 2. The van der Waals surface area contributed by atoms with E-state index >= 15 is 0 Å². The molecule has 0 bridgehead atoms. The molecule has 2 N–H and O–H groups in total. The standard InChI is InChI=1S/C23H26N4O2S/c1-16(2)14-27-21(18-8-5-4-6-9-18)13-24-23(27)30-15-22(29)26-20-11-7-10-19(12-20)25-17(3)28/h4-13,16H,14-15H2,1-3H3,(H,25,28)(H,26,29). The largest absolute Gasteiger partial charge is 0.326 e. The second kappa shape index (κ2) is 10.1. The van der Waals surface area contributed by atoms with Crippen LogP contribution in [0.4, 0.5) is 11.4 Å². The minimum absolute atomic E-state index is 0.125. The number of nitrogens with zero attached hydrogens (tertiary/aromatic N) is 2. The first-order valence-electron chi connectivity index (χ1n) is 9.83. The molecule has 0 unspecified atom stereocenters. The zero-order chi connectivity index (χ0) is 21.5. The van der Waals surface area contributed by atoms with Crippen LogP contribution < -0.4 is 10.6 Å². The fourth-order valence-electron chi connectivity index (χ4n) is 3.06. The third-order valence-corrected chi connectivity index (χ3v) is 5.23. The molecule has 0 saturated carbocycles. The summed E-state index contributed by atoms with van der Waals surface area (Å²) in [4.78, 5) is 28.3. The first-order chi connectivity index (χ1) is 14.4. The molecule has 1 aromatic heterocycles. The van der Waals surface area contributed by atoms with Crippen molar-refractivity contribution in [1.29, 1.82) is 0 Å². The van der Waals surface area contributed by atoms with Gasteiger partial charge in [-0.15, -0.1) is 0 Å². The van der Waals surface area contributed by atoms with Crippen LogP contribution in [-0.4, -0.2) is 27.1 Å². The van der Waals surface area contributed by atoms with Crippen molar-refractivity contribution >= 4 is 35.0 Å². The summed E-state index contributed by atoms with van der Waals surface area (Å²) in [5, 5.41) is 6.41. The Morgan fingerprint density at radius 1 is 1.03 bits per heavy atom. The van der Waals surface area contributed by atoms with Crippen LogP contribution in [-0.2, 0) is 16.1 Å². The van der Waals surface area contributed by atoms with Crippen molar-refractivity contribution in [3.05, 3.63) is 60.8 Å². The highest BCUT2D eigenvalue weighted by atomic mass is 32.2. The summed E-state index contributed by atoms with van der Waals surface area (Å²) in [7, 11) is 0. The summed E-state index contributed by atoms with van der Waals surface area (Å²) in [5.74, 6) is 0.417. The lowest BCUT2D eigenvalue weighted by Gasteiger charge is -2.14. The van der Waals surface area contributed by atoms with Crippen molar-refractivity contribution in [1.82, 2.24) is 9.55 Å². The van der Waals surface area contributed by atoms with Crippen molar-refractivity contribution in [3.8, 4) is 11.3 Å². The Bertz CT molecular complexity index is 1020. The Hall–Kier alpha value is -3.06. The van der Waals surface area contributed by atoms with Crippen LogP contribution >= 0.6 is 11.8 Å². The van der Waals surface area contributed by atoms with Crippen molar-refractivity contribution in [3.63, 3.8) is 0 Å². The van der Waals surface area contributed by atoms with Gasteiger partial charge < -0.3 is 15.2 Å². The number of amides is 2. The molecular formula is C23H26N4O2S. The minimum atomic E-state index is -0.153. The molecule has 0 fully saturated rings. The third kappa shape index (κ3) is 5.97. The van der Waals surface area contributed by atoms with Gasteiger partial charge in [-0.3, -0.25) is 9.59 Å². The average Bonchev–Trinajstić information content (AvgIpc) is 3.08. The molecule has 0 aliphatic rings. The molecule has 0 atom stereocenters. The molecule has 30 heavy (non-hydrogen) atoms. The number of anilines is 2. The molecule has 0 saturated heterocycles. The van der Waals surface area contributed by atoms with Gasteiger partial charge in [-0.2, -0.15) is 0 Å². The van der Waals surface area contributed by atoms with Gasteiger partial charge in [0.25, 0.3) is 0 Å². The maximum Gasteiger partial charge on any atom is 0.234 e. The number of hydrogen-bond acceptors (Lipinski definition) is 4. The highest BCUT2D eigenvalue weighted by molar-refractivity contribution is 7.99. The normalized spacial score (nSPS) is 10.8. The van der Waals surface area contributed by atoms with E-state index in [1.807, 2.05) is 24.4 Å². The lowest BCUT2D eigenvalue weighted by molar-refractivity contribution is -0.114. The molecule has 156 valence electrons. The Labute approximate surface area is 181 Å². The summed E-state index contributed by atoms with van der Waals surface area (Å²) in [6, 6.07) is 17.2. The van der Waals surface area contributed by atoms with Crippen LogP contribution in [0.1, 0.15) is 20.8 Å². The lowest BCUT2D eigenvalue weighted by atomic mass is 10.1. The van der Waals surface area contributed by atoms with Crippen LogP contribution in [0, 0.1) is 5.92 Å². The average molecular weight is 423 g/mol. The van der Waals surface area contributed by atoms with Gasteiger partial charge in [0, 0.05) is 24.8 Å². The zero-order valence-corrected chi connectivity index (χ0v) is 18.2. The van der Waals surface area contributed by atoms with E-state index in [1.165, 1.54) is 18.7 Å². The highest BCUT2D eigenvalue weighted by Crippen LogP contribution is 2.27. The highest BCUT2D eigenvalue weighted by Gasteiger charge is 2.15. The summed E-state index contributed by atoms with van der Waals surface area (Å²) >= 11 is 1.42. The first kappa shape index (κ1) is 21.6. The van der Waals surface area contributed by atoms with E-state index in [2.05, 4.69) is 46.2 Å². The van der Waals surface area contributed by atoms with Gasteiger partial charge in [0.05, 0.1) is 17.6 Å². The van der Waals surface area contributed by atoms with Crippen LogP contribution in [0.25, 0.3) is 11.3 Å². The van der Waals surface area contributed by atoms with Gasteiger partial charge >= 0.3 is 0 Å². The fourth-order valence-corrected chi connectivity index (χ4v) is 3.85. The maximum absolute atomic E-state index is 12.5. The van der Waals surface area contributed by atoms with E-state index in [4.69, 9.17) is 0 Å². The summed E-state index contributed by atoms with van der Waals surface area (Å²) in [5.41, 5.74) is 3.45. The van der Waals surface area contributed by atoms with E-state index in [0.717, 1.165) is 23.0 Å². The van der Waals surface area contributed by atoms with Gasteiger partial charge in [-0.05, 0) is 29.7 Å². The Morgan fingerprint density at radius 2 is 1.73 bits per heavy atom. The van der Waals surface area contributed by atoms with Crippen molar-refractivity contribution in [2.45, 2.75) is 32.5 Å². The van der Waals surface area contributed by atoms with E-state index in [1.54, 1.807) is 24.3 Å². The van der Waals surface area contributed by atoms with Gasteiger partial charge in [0.1, 0.15) is 0 Å². The number of thioether (sulfide) groups is 1. The maximum atomic E-state index is 12.5. The Morgan fingerprint density at radius 3 is 2.40 bits per heavy atom.